The first-order chi connectivity index (χ1) is 13.4. The highest BCUT2D eigenvalue weighted by molar-refractivity contribution is 8.20. The summed E-state index contributed by atoms with van der Waals surface area (Å²) < 4.78 is 26.3. The SMILES string of the molecule is CCCN(CCC)C1CCc2nc(OS(O)(O)c3ccc(Cl)cc3)ccc2C1. The molecular weight excluding hydrogens is 396 g/mol. The van der Waals surface area contributed by atoms with Gasteiger partial charge in [0.2, 0.25) is 5.88 Å². The van der Waals surface area contributed by atoms with Gasteiger partial charge in [-0.05, 0) is 75.0 Å². The highest BCUT2D eigenvalue weighted by atomic mass is 35.5. The van der Waals surface area contributed by atoms with Gasteiger partial charge < -0.3 is 9.08 Å². The van der Waals surface area contributed by atoms with Crippen molar-refractivity contribution in [2.24, 2.45) is 0 Å². The quantitative estimate of drug-likeness (QED) is 0.559. The summed E-state index contributed by atoms with van der Waals surface area (Å²) in [5.41, 5.74) is 2.22. The van der Waals surface area contributed by atoms with Crippen molar-refractivity contribution in [2.75, 3.05) is 13.1 Å². The van der Waals surface area contributed by atoms with Crippen LogP contribution >= 0.6 is 22.5 Å². The molecule has 0 bridgehead atoms. The smallest absolute Gasteiger partial charge is 0.231 e. The van der Waals surface area contributed by atoms with Crippen LogP contribution in [0.1, 0.15) is 44.4 Å². The molecule has 1 unspecified atom stereocenters. The molecule has 1 aliphatic rings. The lowest BCUT2D eigenvalue weighted by atomic mass is 9.90. The number of halogens is 1. The van der Waals surface area contributed by atoms with Crippen molar-refractivity contribution in [3.05, 3.63) is 52.7 Å². The zero-order valence-corrected chi connectivity index (χ0v) is 18.0. The molecule has 1 heterocycles. The number of rotatable bonds is 8. The average Bonchev–Trinajstić information content (AvgIpc) is 2.67. The van der Waals surface area contributed by atoms with Crippen LogP contribution in [0.3, 0.4) is 0 Å². The first kappa shape index (κ1) is 21.4. The Bertz CT molecular complexity index is 780. The van der Waals surface area contributed by atoms with E-state index in [1.807, 2.05) is 6.07 Å². The summed E-state index contributed by atoms with van der Waals surface area (Å²) in [7, 11) is -3.42. The molecule has 2 N–H and O–H groups in total. The van der Waals surface area contributed by atoms with Crippen LogP contribution in [-0.2, 0) is 12.8 Å². The normalized spacial score (nSPS) is 17.4. The van der Waals surface area contributed by atoms with Crippen LogP contribution in [0.15, 0.2) is 41.3 Å². The molecule has 154 valence electrons. The second-order valence-electron chi connectivity index (χ2n) is 7.22. The van der Waals surface area contributed by atoms with Crippen LogP contribution in [0.2, 0.25) is 5.02 Å². The average molecular weight is 425 g/mol. The first-order valence-corrected chi connectivity index (χ1v) is 11.7. The Morgan fingerprint density at radius 2 is 1.79 bits per heavy atom. The zero-order chi connectivity index (χ0) is 20.1. The molecule has 0 amide bonds. The lowest BCUT2D eigenvalue weighted by Gasteiger charge is -2.35. The van der Waals surface area contributed by atoms with Gasteiger partial charge in [-0.2, -0.15) is 0 Å². The van der Waals surface area contributed by atoms with Gasteiger partial charge in [0.05, 0.1) is 4.90 Å². The summed E-state index contributed by atoms with van der Waals surface area (Å²) in [4.78, 5) is 7.43. The third-order valence-electron chi connectivity index (χ3n) is 5.07. The van der Waals surface area contributed by atoms with Gasteiger partial charge >= 0.3 is 0 Å². The Hall–Kier alpha value is -1.31. The number of hydrogen-bond acceptors (Lipinski definition) is 5. The molecule has 0 aliphatic heterocycles. The van der Waals surface area contributed by atoms with E-state index in [1.54, 1.807) is 30.3 Å². The van der Waals surface area contributed by atoms with E-state index in [4.69, 9.17) is 15.8 Å². The van der Waals surface area contributed by atoms with Crippen molar-refractivity contribution in [1.29, 1.82) is 0 Å². The second-order valence-corrected chi connectivity index (χ2v) is 9.29. The number of aryl methyl sites for hydroxylation is 1. The topological polar surface area (TPSA) is 65.8 Å². The summed E-state index contributed by atoms with van der Waals surface area (Å²) in [6.45, 7) is 6.71. The number of nitrogens with zero attached hydrogens (tertiary/aromatic N) is 2. The molecule has 0 fully saturated rings. The second kappa shape index (κ2) is 9.46. The van der Waals surface area contributed by atoms with Crippen LogP contribution < -0.4 is 4.18 Å². The highest BCUT2D eigenvalue weighted by Gasteiger charge is 2.27. The minimum absolute atomic E-state index is 0.242. The van der Waals surface area contributed by atoms with E-state index in [0.29, 0.717) is 11.1 Å². The third-order valence-corrected chi connectivity index (χ3v) is 6.61. The van der Waals surface area contributed by atoms with Crippen molar-refractivity contribution >= 4 is 22.5 Å². The molecule has 0 saturated heterocycles. The van der Waals surface area contributed by atoms with E-state index in [9.17, 15) is 9.11 Å². The van der Waals surface area contributed by atoms with Crippen molar-refractivity contribution in [1.82, 2.24) is 9.88 Å². The van der Waals surface area contributed by atoms with Crippen molar-refractivity contribution in [3.8, 4) is 5.88 Å². The van der Waals surface area contributed by atoms with Crippen LogP contribution in [0.5, 0.6) is 5.88 Å². The molecule has 1 aromatic carbocycles. The van der Waals surface area contributed by atoms with E-state index >= 15 is 0 Å². The maximum Gasteiger partial charge on any atom is 0.231 e. The standard InChI is InChI=1S/C21H29ClN2O3S/c1-3-13-24(14-4-2)18-8-11-20-16(15-18)5-12-21(23-20)27-28(25,26)19-9-6-17(22)7-10-19/h5-7,9-10,12,18,25-26H,3-4,8,11,13-15H2,1-2H3. The molecule has 2 aromatic rings. The Balaban J connectivity index is 1.71. The number of aromatic nitrogens is 1. The lowest BCUT2D eigenvalue weighted by molar-refractivity contribution is 0.179. The number of hydrogen-bond donors (Lipinski definition) is 2. The predicted octanol–water partition coefficient (Wildman–Crippen LogP) is 5.82. The van der Waals surface area contributed by atoms with Gasteiger partial charge in [0, 0.05) is 22.8 Å². The minimum Gasteiger partial charge on any atom is -0.379 e. The highest BCUT2D eigenvalue weighted by Crippen LogP contribution is 2.49. The predicted molar refractivity (Wildman–Crippen MR) is 115 cm³/mol. The van der Waals surface area contributed by atoms with E-state index in [0.717, 1.165) is 50.9 Å². The molecule has 1 atom stereocenters. The molecule has 1 aliphatic carbocycles. The molecule has 0 spiro atoms. The largest absolute Gasteiger partial charge is 0.379 e. The van der Waals surface area contributed by atoms with Crippen molar-refractivity contribution < 1.29 is 13.3 Å². The summed E-state index contributed by atoms with van der Waals surface area (Å²) in [6.07, 6.45) is 5.25. The molecule has 7 heteroatoms. The maximum atomic E-state index is 10.4. The van der Waals surface area contributed by atoms with Crippen molar-refractivity contribution in [3.63, 3.8) is 0 Å². The molecule has 0 radical (unpaired) electrons. The van der Waals surface area contributed by atoms with Crippen LogP contribution in [0.25, 0.3) is 0 Å². The lowest BCUT2D eigenvalue weighted by Crippen LogP contribution is -2.40. The van der Waals surface area contributed by atoms with Crippen LogP contribution in [-0.4, -0.2) is 38.1 Å². The Morgan fingerprint density at radius 1 is 1.11 bits per heavy atom. The number of pyridine rings is 1. The molecule has 1 aromatic heterocycles. The molecule has 28 heavy (non-hydrogen) atoms. The summed E-state index contributed by atoms with van der Waals surface area (Å²) >= 11 is 5.86. The van der Waals surface area contributed by atoms with Gasteiger partial charge in [0.1, 0.15) is 0 Å². The summed E-state index contributed by atoms with van der Waals surface area (Å²) in [5, 5.41) is 0.528. The monoisotopic (exact) mass is 424 g/mol. The van der Waals surface area contributed by atoms with E-state index in [2.05, 4.69) is 23.7 Å². The molecule has 0 saturated carbocycles. The Labute approximate surface area is 174 Å². The summed E-state index contributed by atoms with van der Waals surface area (Å²) in [5.74, 6) is 0.242. The number of fused-ring (bicyclic) bond motifs is 1. The third kappa shape index (κ3) is 5.19. The maximum absolute atomic E-state index is 10.4. The molecule has 5 nitrogen and oxygen atoms in total. The van der Waals surface area contributed by atoms with Crippen LogP contribution in [0.4, 0.5) is 0 Å². The summed E-state index contributed by atoms with van der Waals surface area (Å²) in [6, 6.07) is 10.6. The Morgan fingerprint density at radius 3 is 2.43 bits per heavy atom. The molecular formula is C21H29ClN2O3S. The van der Waals surface area contributed by atoms with Gasteiger partial charge in [-0.3, -0.25) is 9.11 Å². The Kier molecular flexibility index (Phi) is 7.23. The minimum atomic E-state index is -3.42. The van der Waals surface area contributed by atoms with E-state index < -0.39 is 10.9 Å². The van der Waals surface area contributed by atoms with E-state index in [-0.39, 0.29) is 10.8 Å². The van der Waals surface area contributed by atoms with Gasteiger partial charge in [-0.1, -0.05) is 31.5 Å². The van der Waals surface area contributed by atoms with E-state index in [1.165, 1.54) is 5.56 Å². The fourth-order valence-corrected chi connectivity index (χ4v) is 4.80. The molecule has 3 rings (SSSR count). The van der Waals surface area contributed by atoms with Gasteiger partial charge in [-0.15, -0.1) is 0 Å². The van der Waals surface area contributed by atoms with Crippen molar-refractivity contribution in [2.45, 2.75) is 56.9 Å². The fourth-order valence-electron chi connectivity index (χ4n) is 3.76. The fraction of sp³-hybridized carbons (Fsp3) is 0.476. The first-order valence-electron chi connectivity index (χ1n) is 9.89. The van der Waals surface area contributed by atoms with Crippen LogP contribution in [0, 0.1) is 0 Å². The number of benzene rings is 1. The van der Waals surface area contributed by atoms with Gasteiger partial charge in [0.15, 0.2) is 10.9 Å². The van der Waals surface area contributed by atoms with Gasteiger partial charge in [0.25, 0.3) is 0 Å². The van der Waals surface area contributed by atoms with Gasteiger partial charge in [-0.25, -0.2) is 4.98 Å². The zero-order valence-electron chi connectivity index (χ0n) is 16.5.